The molecule has 0 spiro atoms. The molecular formula is C18H14FN5O2S. The second-order valence-electron chi connectivity index (χ2n) is 5.61. The molecule has 1 N–H and O–H groups in total. The van der Waals surface area contributed by atoms with E-state index < -0.39 is 5.97 Å². The van der Waals surface area contributed by atoms with E-state index in [1.807, 2.05) is 12.4 Å². The van der Waals surface area contributed by atoms with Gasteiger partial charge in [0.05, 0.1) is 18.4 Å². The number of aromatic amines is 1. The largest absolute Gasteiger partial charge is 0.465 e. The molecule has 0 aliphatic rings. The summed E-state index contributed by atoms with van der Waals surface area (Å²) in [5.41, 5.74) is 2.05. The quantitative estimate of drug-likeness (QED) is 0.420. The van der Waals surface area contributed by atoms with Crippen molar-refractivity contribution in [2.24, 2.45) is 0 Å². The fourth-order valence-corrected chi connectivity index (χ4v) is 3.31. The molecular weight excluding hydrogens is 369 g/mol. The van der Waals surface area contributed by atoms with Crippen LogP contribution in [0.5, 0.6) is 0 Å². The van der Waals surface area contributed by atoms with Crippen LogP contribution in [0, 0.1) is 5.82 Å². The first kappa shape index (κ1) is 17.2. The summed E-state index contributed by atoms with van der Waals surface area (Å²) < 4.78 is 20.4. The number of rotatable bonds is 5. The van der Waals surface area contributed by atoms with Crippen molar-refractivity contribution in [1.29, 1.82) is 0 Å². The Morgan fingerprint density at radius 3 is 2.93 bits per heavy atom. The Labute approximate surface area is 157 Å². The lowest BCUT2D eigenvalue weighted by Crippen LogP contribution is -2.03. The SMILES string of the molecule is COC(=O)c1cccn2cc(CSc3n[nH]c(-c4ccccc4F)n3)nc12. The van der Waals surface area contributed by atoms with E-state index in [1.54, 1.807) is 34.7 Å². The Hall–Kier alpha value is -3.20. The molecule has 0 fully saturated rings. The topological polar surface area (TPSA) is 85.2 Å². The highest BCUT2D eigenvalue weighted by Gasteiger charge is 2.14. The van der Waals surface area contributed by atoms with Crippen molar-refractivity contribution < 1.29 is 13.9 Å². The number of ether oxygens (including phenoxy) is 1. The van der Waals surface area contributed by atoms with Crippen LogP contribution < -0.4 is 0 Å². The van der Waals surface area contributed by atoms with Crippen molar-refractivity contribution in [1.82, 2.24) is 24.6 Å². The maximum atomic E-state index is 13.8. The summed E-state index contributed by atoms with van der Waals surface area (Å²) in [6.07, 6.45) is 3.64. The zero-order chi connectivity index (χ0) is 18.8. The van der Waals surface area contributed by atoms with Gasteiger partial charge < -0.3 is 9.14 Å². The highest BCUT2D eigenvalue weighted by molar-refractivity contribution is 7.98. The van der Waals surface area contributed by atoms with Crippen molar-refractivity contribution in [2.45, 2.75) is 10.9 Å². The fourth-order valence-electron chi connectivity index (χ4n) is 2.63. The number of fused-ring (bicyclic) bond motifs is 1. The van der Waals surface area contributed by atoms with Crippen molar-refractivity contribution in [3.63, 3.8) is 0 Å². The molecule has 0 atom stereocenters. The standard InChI is InChI=1S/C18H14FN5O2S/c1-26-17(25)13-6-4-8-24-9-11(20-16(13)24)10-27-18-21-15(22-23-18)12-5-2-3-7-14(12)19/h2-9H,10H2,1H3,(H,21,22,23). The van der Waals surface area contributed by atoms with Gasteiger partial charge in [-0.3, -0.25) is 5.10 Å². The van der Waals surface area contributed by atoms with Crippen molar-refractivity contribution >= 4 is 23.4 Å². The van der Waals surface area contributed by atoms with Gasteiger partial charge in [-0.05, 0) is 24.3 Å². The Morgan fingerprint density at radius 1 is 1.26 bits per heavy atom. The number of halogens is 1. The third-order valence-corrected chi connectivity index (χ3v) is 4.76. The summed E-state index contributed by atoms with van der Waals surface area (Å²) >= 11 is 1.36. The van der Waals surface area contributed by atoms with Crippen LogP contribution in [-0.2, 0) is 10.5 Å². The summed E-state index contributed by atoms with van der Waals surface area (Å²) in [4.78, 5) is 20.7. The lowest BCUT2D eigenvalue weighted by atomic mass is 10.2. The number of esters is 1. The second-order valence-corrected chi connectivity index (χ2v) is 6.55. The van der Waals surface area contributed by atoms with E-state index in [9.17, 15) is 9.18 Å². The normalized spacial score (nSPS) is 11.0. The number of carbonyl (C=O) groups is 1. The fraction of sp³-hybridized carbons (Fsp3) is 0.111. The van der Waals surface area contributed by atoms with Crippen LogP contribution in [0.2, 0.25) is 0 Å². The van der Waals surface area contributed by atoms with Gasteiger partial charge in [-0.1, -0.05) is 23.9 Å². The molecule has 9 heteroatoms. The number of aromatic nitrogens is 5. The first-order valence-corrected chi connectivity index (χ1v) is 8.99. The number of nitrogens with one attached hydrogen (secondary N) is 1. The summed E-state index contributed by atoms with van der Waals surface area (Å²) in [5, 5.41) is 7.35. The maximum absolute atomic E-state index is 13.8. The Kier molecular flexibility index (Phi) is 4.59. The number of hydrogen-bond donors (Lipinski definition) is 1. The van der Waals surface area contributed by atoms with Gasteiger partial charge in [0.25, 0.3) is 0 Å². The van der Waals surface area contributed by atoms with Crippen molar-refractivity contribution in [2.75, 3.05) is 7.11 Å². The van der Waals surface area contributed by atoms with Crippen LogP contribution in [0.3, 0.4) is 0 Å². The number of benzene rings is 1. The summed E-state index contributed by atoms with van der Waals surface area (Å²) in [7, 11) is 1.34. The molecule has 27 heavy (non-hydrogen) atoms. The van der Waals surface area contributed by atoms with E-state index in [2.05, 4.69) is 20.2 Å². The Bertz CT molecular complexity index is 1120. The van der Waals surface area contributed by atoms with Crippen LogP contribution in [-0.4, -0.2) is 37.6 Å². The Balaban J connectivity index is 1.53. The molecule has 0 aliphatic heterocycles. The van der Waals surface area contributed by atoms with Gasteiger partial charge in [-0.25, -0.2) is 19.2 Å². The zero-order valence-electron chi connectivity index (χ0n) is 14.2. The lowest BCUT2D eigenvalue weighted by molar-refractivity contribution is 0.0602. The van der Waals surface area contributed by atoms with Crippen LogP contribution >= 0.6 is 11.8 Å². The first-order chi connectivity index (χ1) is 13.2. The molecule has 1 aromatic carbocycles. The number of methoxy groups -OCH3 is 1. The molecule has 4 aromatic rings. The zero-order valence-corrected chi connectivity index (χ0v) is 15.0. The average molecular weight is 383 g/mol. The van der Waals surface area contributed by atoms with Crippen LogP contribution in [0.4, 0.5) is 4.39 Å². The molecule has 3 heterocycles. The number of nitrogens with zero attached hydrogens (tertiary/aromatic N) is 4. The monoisotopic (exact) mass is 383 g/mol. The average Bonchev–Trinajstić information content (AvgIpc) is 3.32. The second kappa shape index (κ2) is 7.20. The molecule has 136 valence electrons. The molecule has 0 bridgehead atoms. The predicted molar refractivity (Wildman–Crippen MR) is 97.9 cm³/mol. The molecule has 7 nitrogen and oxygen atoms in total. The smallest absolute Gasteiger partial charge is 0.341 e. The van der Waals surface area contributed by atoms with Gasteiger partial charge in [-0.15, -0.1) is 5.10 Å². The highest BCUT2D eigenvalue weighted by atomic mass is 32.2. The van der Waals surface area contributed by atoms with Gasteiger partial charge in [0, 0.05) is 18.1 Å². The van der Waals surface area contributed by atoms with Gasteiger partial charge in [-0.2, -0.15) is 0 Å². The van der Waals surface area contributed by atoms with Gasteiger partial charge in [0.15, 0.2) is 11.5 Å². The third-order valence-electron chi connectivity index (χ3n) is 3.88. The molecule has 3 aromatic heterocycles. The molecule has 0 saturated heterocycles. The number of pyridine rings is 1. The maximum Gasteiger partial charge on any atom is 0.341 e. The van der Waals surface area contributed by atoms with E-state index >= 15 is 0 Å². The minimum Gasteiger partial charge on any atom is -0.465 e. The summed E-state index contributed by atoms with van der Waals surface area (Å²) in [5.74, 6) is 0.0741. The lowest BCUT2D eigenvalue weighted by Gasteiger charge is -2.00. The van der Waals surface area contributed by atoms with E-state index in [4.69, 9.17) is 4.74 Å². The van der Waals surface area contributed by atoms with Gasteiger partial charge in [0.1, 0.15) is 11.4 Å². The summed E-state index contributed by atoms with van der Waals surface area (Å²) in [6, 6.07) is 9.80. The molecule has 0 amide bonds. The number of thioether (sulfide) groups is 1. The third kappa shape index (κ3) is 3.41. The summed E-state index contributed by atoms with van der Waals surface area (Å²) in [6.45, 7) is 0. The van der Waals surface area contributed by atoms with Gasteiger partial charge >= 0.3 is 5.97 Å². The number of imidazole rings is 1. The van der Waals surface area contributed by atoms with E-state index in [-0.39, 0.29) is 5.82 Å². The molecule has 0 radical (unpaired) electrons. The number of H-pyrrole nitrogens is 1. The van der Waals surface area contributed by atoms with Crippen molar-refractivity contribution in [3.05, 3.63) is 65.9 Å². The van der Waals surface area contributed by atoms with E-state index in [1.165, 1.54) is 24.9 Å². The first-order valence-electron chi connectivity index (χ1n) is 8.00. The van der Waals surface area contributed by atoms with Crippen LogP contribution in [0.25, 0.3) is 17.0 Å². The minimum absolute atomic E-state index is 0.360. The molecule has 0 aliphatic carbocycles. The highest BCUT2D eigenvalue weighted by Crippen LogP contribution is 2.24. The number of hydrogen-bond acceptors (Lipinski definition) is 6. The van der Waals surface area contributed by atoms with Crippen molar-refractivity contribution in [3.8, 4) is 11.4 Å². The van der Waals surface area contributed by atoms with E-state index in [0.29, 0.717) is 33.5 Å². The van der Waals surface area contributed by atoms with Crippen LogP contribution in [0.15, 0.2) is 53.9 Å². The van der Waals surface area contributed by atoms with Gasteiger partial charge in [0.2, 0.25) is 5.16 Å². The van der Waals surface area contributed by atoms with E-state index in [0.717, 1.165) is 5.69 Å². The Morgan fingerprint density at radius 2 is 2.11 bits per heavy atom. The van der Waals surface area contributed by atoms with Crippen LogP contribution in [0.1, 0.15) is 16.1 Å². The molecule has 4 rings (SSSR count). The minimum atomic E-state index is -0.436. The molecule has 0 unspecified atom stereocenters. The molecule has 0 saturated carbocycles. The number of carbonyl (C=O) groups excluding carboxylic acids is 1. The predicted octanol–water partition coefficient (Wildman–Crippen LogP) is 3.34.